The summed E-state index contributed by atoms with van der Waals surface area (Å²) in [5.41, 5.74) is 11.8. The minimum atomic E-state index is -0.369. The van der Waals surface area contributed by atoms with E-state index >= 15 is 0 Å². The zero-order valence-corrected chi connectivity index (χ0v) is 25.3. The summed E-state index contributed by atoms with van der Waals surface area (Å²) in [7, 11) is 1.72. The van der Waals surface area contributed by atoms with E-state index in [0.29, 0.717) is 29.0 Å². The number of benzene rings is 2. The Hall–Kier alpha value is -3.42. The number of nitrogens with two attached hydrogens (primary N) is 1. The summed E-state index contributed by atoms with van der Waals surface area (Å²) < 4.78 is 5.37. The van der Waals surface area contributed by atoms with E-state index < -0.39 is 0 Å². The van der Waals surface area contributed by atoms with E-state index in [1.54, 1.807) is 7.11 Å². The monoisotopic (exact) mass is 567 g/mol. The third-order valence-electron chi connectivity index (χ3n) is 10.1. The third kappa shape index (κ3) is 5.90. The van der Waals surface area contributed by atoms with Crippen LogP contribution in [0.1, 0.15) is 78.5 Å². The molecule has 1 aliphatic carbocycles. The SMILES string of the molecule is COc1ccc(CN2CCN(C3CC4(CCN(c5ccc(C(N)=O)cc5)CC4)C3)C(c3ccncc3C(C)C)C2)cc1. The number of hydrogen-bond acceptors (Lipinski definition) is 6. The maximum absolute atomic E-state index is 11.5. The average molecular weight is 568 g/mol. The van der Waals surface area contributed by atoms with Crippen molar-refractivity contribution in [2.24, 2.45) is 11.1 Å². The molecule has 7 heteroatoms. The van der Waals surface area contributed by atoms with Crippen LogP contribution in [0.15, 0.2) is 67.0 Å². The van der Waals surface area contributed by atoms with Crippen molar-refractivity contribution in [1.29, 1.82) is 0 Å². The maximum atomic E-state index is 11.5. The molecule has 1 amide bonds. The van der Waals surface area contributed by atoms with Crippen molar-refractivity contribution in [1.82, 2.24) is 14.8 Å². The van der Waals surface area contributed by atoms with Crippen LogP contribution < -0.4 is 15.4 Å². The highest BCUT2D eigenvalue weighted by Crippen LogP contribution is 2.53. The average Bonchev–Trinajstić information content (AvgIpc) is 3.00. The molecule has 1 atom stereocenters. The lowest BCUT2D eigenvalue weighted by molar-refractivity contribution is -0.0628. The molecule has 1 unspecified atom stereocenters. The van der Waals surface area contributed by atoms with Gasteiger partial charge < -0.3 is 15.4 Å². The van der Waals surface area contributed by atoms with Crippen LogP contribution in [0.3, 0.4) is 0 Å². The number of carbonyl (C=O) groups is 1. The lowest BCUT2D eigenvalue weighted by Crippen LogP contribution is -2.60. The minimum absolute atomic E-state index is 0.369. The van der Waals surface area contributed by atoms with Crippen molar-refractivity contribution in [2.75, 3.05) is 44.7 Å². The van der Waals surface area contributed by atoms with E-state index in [1.807, 2.05) is 30.5 Å². The molecule has 7 nitrogen and oxygen atoms in total. The highest BCUT2D eigenvalue weighted by molar-refractivity contribution is 5.93. The molecule has 222 valence electrons. The second-order valence-electron chi connectivity index (χ2n) is 13.0. The second kappa shape index (κ2) is 12.1. The molecule has 3 heterocycles. The van der Waals surface area contributed by atoms with Crippen LogP contribution >= 0.6 is 0 Å². The van der Waals surface area contributed by atoms with E-state index in [2.05, 4.69) is 70.1 Å². The summed E-state index contributed by atoms with van der Waals surface area (Å²) in [6.07, 6.45) is 9.12. The highest BCUT2D eigenvalue weighted by atomic mass is 16.5. The number of aromatic nitrogens is 1. The Morgan fingerprint density at radius 1 is 1.00 bits per heavy atom. The fourth-order valence-electron chi connectivity index (χ4n) is 7.56. The number of piperazine rings is 1. The Bertz CT molecular complexity index is 1360. The van der Waals surface area contributed by atoms with E-state index in [1.165, 1.54) is 48.1 Å². The van der Waals surface area contributed by atoms with Gasteiger partial charge in [0.1, 0.15) is 5.75 Å². The molecule has 3 aliphatic rings. The van der Waals surface area contributed by atoms with Gasteiger partial charge >= 0.3 is 0 Å². The summed E-state index contributed by atoms with van der Waals surface area (Å²) in [4.78, 5) is 23.9. The van der Waals surface area contributed by atoms with Crippen LogP contribution in [0.2, 0.25) is 0 Å². The number of ether oxygens (including phenoxy) is 1. The molecule has 2 aromatic carbocycles. The van der Waals surface area contributed by atoms with Gasteiger partial charge in [-0.25, -0.2) is 0 Å². The molecular formula is C35H45N5O2. The minimum Gasteiger partial charge on any atom is -0.497 e. The smallest absolute Gasteiger partial charge is 0.248 e. The van der Waals surface area contributed by atoms with Gasteiger partial charge in [-0.3, -0.25) is 19.6 Å². The van der Waals surface area contributed by atoms with Crippen LogP contribution in [0.5, 0.6) is 5.75 Å². The van der Waals surface area contributed by atoms with Gasteiger partial charge in [0.05, 0.1) is 7.11 Å². The standard InChI is InChI=1S/C35H45N5O2/c1-25(2)32-22-37-15-12-31(32)33-24-38(23-26-4-10-30(42-3)11-5-26)18-19-40(33)29-20-35(21-29)13-16-39(17-14-35)28-8-6-27(7-9-28)34(36)41/h4-12,15,22,25,29,33H,13-14,16-21,23-24H2,1-3H3,(H2,36,41). The molecule has 3 fully saturated rings. The van der Waals surface area contributed by atoms with Gasteiger partial charge in [0.2, 0.25) is 5.91 Å². The van der Waals surface area contributed by atoms with E-state index in [0.717, 1.165) is 45.0 Å². The normalized spacial score (nSPS) is 21.4. The third-order valence-corrected chi connectivity index (χ3v) is 10.1. The Balaban J connectivity index is 1.13. The molecule has 6 rings (SSSR count). The number of amides is 1. The van der Waals surface area contributed by atoms with E-state index in [-0.39, 0.29) is 5.91 Å². The maximum Gasteiger partial charge on any atom is 0.248 e. The van der Waals surface area contributed by atoms with Crippen molar-refractivity contribution in [2.45, 2.75) is 64.1 Å². The molecule has 3 aromatic rings. The van der Waals surface area contributed by atoms with Crippen LogP contribution in [0, 0.1) is 5.41 Å². The number of primary amides is 1. The highest BCUT2D eigenvalue weighted by Gasteiger charge is 2.50. The first-order valence-corrected chi connectivity index (χ1v) is 15.5. The van der Waals surface area contributed by atoms with Gasteiger partial charge in [-0.1, -0.05) is 26.0 Å². The molecule has 0 bridgehead atoms. The van der Waals surface area contributed by atoms with Gasteiger partial charge in [0, 0.05) is 75.0 Å². The number of hydrogen-bond donors (Lipinski definition) is 1. The Morgan fingerprint density at radius 2 is 1.71 bits per heavy atom. The molecule has 2 saturated heterocycles. The molecule has 1 aromatic heterocycles. The summed E-state index contributed by atoms with van der Waals surface area (Å²) in [5, 5.41) is 0. The zero-order chi connectivity index (χ0) is 29.3. The molecule has 2 aliphatic heterocycles. The van der Waals surface area contributed by atoms with Crippen LogP contribution in [0.4, 0.5) is 5.69 Å². The molecule has 2 N–H and O–H groups in total. The van der Waals surface area contributed by atoms with Crippen LogP contribution in [-0.2, 0) is 6.54 Å². The Labute approximate surface area is 250 Å². The summed E-state index contributed by atoms with van der Waals surface area (Å²) >= 11 is 0. The van der Waals surface area contributed by atoms with Crippen molar-refractivity contribution < 1.29 is 9.53 Å². The van der Waals surface area contributed by atoms with Crippen LogP contribution in [-0.4, -0.2) is 66.6 Å². The topological polar surface area (TPSA) is 74.9 Å². The van der Waals surface area contributed by atoms with Gasteiger partial charge in [0.15, 0.2) is 0 Å². The number of pyridine rings is 1. The number of nitrogens with zero attached hydrogens (tertiary/aromatic N) is 4. The Kier molecular flexibility index (Phi) is 8.24. The predicted molar refractivity (Wildman–Crippen MR) is 168 cm³/mol. The zero-order valence-electron chi connectivity index (χ0n) is 25.3. The molecular weight excluding hydrogens is 522 g/mol. The van der Waals surface area contributed by atoms with Gasteiger partial charge in [0.25, 0.3) is 0 Å². The van der Waals surface area contributed by atoms with E-state index in [9.17, 15) is 4.79 Å². The molecule has 42 heavy (non-hydrogen) atoms. The molecule has 0 radical (unpaired) electrons. The van der Waals surface area contributed by atoms with Crippen molar-refractivity contribution >= 4 is 11.6 Å². The first-order valence-electron chi connectivity index (χ1n) is 15.5. The quantitative estimate of drug-likeness (QED) is 0.381. The number of methoxy groups -OCH3 is 1. The number of anilines is 1. The summed E-state index contributed by atoms with van der Waals surface area (Å²) in [5.74, 6) is 0.985. The fraction of sp³-hybridized carbons (Fsp3) is 0.486. The van der Waals surface area contributed by atoms with E-state index in [4.69, 9.17) is 10.5 Å². The first-order chi connectivity index (χ1) is 20.3. The second-order valence-corrected chi connectivity index (χ2v) is 13.0. The number of carbonyl (C=O) groups excluding carboxylic acids is 1. The molecule has 1 spiro atoms. The van der Waals surface area contributed by atoms with Crippen LogP contribution in [0.25, 0.3) is 0 Å². The lowest BCUT2D eigenvalue weighted by atomic mass is 9.59. The first kappa shape index (κ1) is 28.7. The van der Waals surface area contributed by atoms with Crippen molar-refractivity contribution in [3.8, 4) is 5.75 Å². The fourth-order valence-corrected chi connectivity index (χ4v) is 7.56. The number of piperidine rings is 1. The molecule has 1 saturated carbocycles. The van der Waals surface area contributed by atoms with Crippen molar-refractivity contribution in [3.05, 3.63) is 89.2 Å². The van der Waals surface area contributed by atoms with Gasteiger partial charge in [-0.15, -0.1) is 0 Å². The largest absolute Gasteiger partial charge is 0.497 e. The number of rotatable bonds is 8. The van der Waals surface area contributed by atoms with Crippen molar-refractivity contribution in [3.63, 3.8) is 0 Å². The summed E-state index contributed by atoms with van der Waals surface area (Å²) in [6, 6.07) is 19.6. The van der Waals surface area contributed by atoms with Gasteiger partial charge in [-0.05, 0) is 96.2 Å². The summed E-state index contributed by atoms with van der Waals surface area (Å²) in [6.45, 7) is 10.9. The Morgan fingerprint density at radius 3 is 2.36 bits per heavy atom. The van der Waals surface area contributed by atoms with Gasteiger partial charge in [-0.2, -0.15) is 0 Å². The lowest BCUT2D eigenvalue weighted by Gasteiger charge is -2.58. The predicted octanol–water partition coefficient (Wildman–Crippen LogP) is 5.62.